The Bertz CT molecular complexity index is 309. The molecule has 1 atom stereocenters. The zero-order valence-electron chi connectivity index (χ0n) is 11.8. The van der Waals surface area contributed by atoms with Gasteiger partial charge in [-0.25, -0.2) is 4.79 Å². The molecular formula is C13H23N3O3. The van der Waals surface area contributed by atoms with Crippen LogP contribution in [0.5, 0.6) is 0 Å². The monoisotopic (exact) mass is 269 g/mol. The van der Waals surface area contributed by atoms with Crippen molar-refractivity contribution in [2.45, 2.75) is 26.4 Å². The van der Waals surface area contributed by atoms with Crippen molar-refractivity contribution < 1.29 is 14.3 Å². The van der Waals surface area contributed by atoms with Crippen LogP contribution < -0.4 is 0 Å². The van der Waals surface area contributed by atoms with E-state index in [-0.39, 0.29) is 18.8 Å². The molecule has 0 aliphatic carbocycles. The molecule has 0 bridgehead atoms. The van der Waals surface area contributed by atoms with Crippen molar-refractivity contribution in [1.82, 2.24) is 9.80 Å². The molecule has 0 spiro atoms. The van der Waals surface area contributed by atoms with Gasteiger partial charge in [0.2, 0.25) is 0 Å². The molecule has 108 valence electrons. The number of rotatable bonds is 6. The third-order valence-corrected chi connectivity index (χ3v) is 3.23. The van der Waals surface area contributed by atoms with E-state index in [0.717, 1.165) is 26.1 Å². The van der Waals surface area contributed by atoms with Crippen LogP contribution in [0.15, 0.2) is 0 Å². The zero-order chi connectivity index (χ0) is 14.1. The average Bonchev–Trinajstić information content (AvgIpc) is 2.44. The second kappa shape index (κ2) is 8.73. The maximum Gasteiger partial charge on any atom is 0.410 e. The van der Waals surface area contributed by atoms with Gasteiger partial charge in [0, 0.05) is 32.7 Å². The Labute approximate surface area is 114 Å². The Balaban J connectivity index is 2.18. The second-order valence-electron chi connectivity index (χ2n) is 4.64. The number of nitrogens with zero attached hydrogens (tertiary/aromatic N) is 3. The quantitative estimate of drug-likeness (QED) is 0.675. The lowest BCUT2D eigenvalue weighted by atomic mass is 10.3. The standard InChI is InChI=1S/C13H23N3O3/c1-3-12(2)19-13(17)16-7-5-15(6-8-16)9-11-18-10-4-14/h12H,3,5-11H2,1-2H3. The minimum Gasteiger partial charge on any atom is -0.446 e. The van der Waals surface area contributed by atoms with Gasteiger partial charge in [0.25, 0.3) is 0 Å². The predicted octanol–water partition coefficient (Wildman–Crippen LogP) is 1.08. The molecule has 0 aromatic rings. The first-order chi connectivity index (χ1) is 9.17. The highest BCUT2D eigenvalue weighted by molar-refractivity contribution is 5.67. The van der Waals surface area contributed by atoms with Crippen LogP contribution in [-0.4, -0.2) is 67.9 Å². The van der Waals surface area contributed by atoms with Gasteiger partial charge in [0.1, 0.15) is 12.7 Å². The largest absolute Gasteiger partial charge is 0.446 e. The van der Waals surface area contributed by atoms with Gasteiger partial charge in [0.05, 0.1) is 12.7 Å². The Morgan fingerprint density at radius 1 is 1.37 bits per heavy atom. The number of hydrogen-bond donors (Lipinski definition) is 0. The van der Waals surface area contributed by atoms with Crippen LogP contribution >= 0.6 is 0 Å². The molecule has 6 nitrogen and oxygen atoms in total. The summed E-state index contributed by atoms with van der Waals surface area (Å²) in [6.45, 7) is 8.43. The predicted molar refractivity (Wildman–Crippen MR) is 70.7 cm³/mol. The summed E-state index contributed by atoms with van der Waals surface area (Å²) < 4.78 is 10.4. The van der Waals surface area contributed by atoms with Gasteiger partial charge in [0.15, 0.2) is 0 Å². The summed E-state index contributed by atoms with van der Waals surface area (Å²) in [4.78, 5) is 15.8. The SMILES string of the molecule is CCC(C)OC(=O)N1CCN(CCOCC#N)CC1. The minimum absolute atomic E-state index is 0.0232. The maximum absolute atomic E-state index is 11.8. The molecule has 0 aromatic heterocycles. The number of carbonyl (C=O) groups is 1. The lowest BCUT2D eigenvalue weighted by molar-refractivity contribution is 0.0446. The molecule has 1 aliphatic heterocycles. The van der Waals surface area contributed by atoms with E-state index in [1.54, 1.807) is 4.90 Å². The van der Waals surface area contributed by atoms with Crippen LogP contribution in [0.1, 0.15) is 20.3 Å². The molecular weight excluding hydrogens is 246 g/mol. The topological polar surface area (TPSA) is 65.8 Å². The van der Waals surface area contributed by atoms with Crippen LogP contribution in [0.25, 0.3) is 0 Å². The third kappa shape index (κ3) is 5.90. The van der Waals surface area contributed by atoms with Gasteiger partial charge in [-0.1, -0.05) is 6.92 Å². The Hall–Kier alpha value is -1.32. The highest BCUT2D eigenvalue weighted by atomic mass is 16.6. The smallest absolute Gasteiger partial charge is 0.410 e. The fourth-order valence-electron chi connectivity index (χ4n) is 1.80. The minimum atomic E-state index is -0.213. The zero-order valence-corrected chi connectivity index (χ0v) is 11.8. The number of nitriles is 1. The molecule has 0 saturated carbocycles. The summed E-state index contributed by atoms with van der Waals surface area (Å²) in [6.07, 6.45) is 0.599. The molecule has 0 aromatic carbocycles. The highest BCUT2D eigenvalue weighted by Gasteiger charge is 2.22. The van der Waals surface area contributed by atoms with Crippen molar-refractivity contribution in [3.8, 4) is 6.07 Å². The molecule has 19 heavy (non-hydrogen) atoms. The molecule has 1 heterocycles. The van der Waals surface area contributed by atoms with E-state index in [0.29, 0.717) is 19.7 Å². The molecule has 1 saturated heterocycles. The Kier molecular flexibility index (Phi) is 7.23. The van der Waals surface area contributed by atoms with E-state index in [1.807, 2.05) is 19.9 Å². The molecule has 1 rings (SSSR count). The van der Waals surface area contributed by atoms with Crippen molar-refractivity contribution in [2.75, 3.05) is 45.9 Å². The van der Waals surface area contributed by atoms with Crippen LogP contribution in [0.4, 0.5) is 4.79 Å². The lowest BCUT2D eigenvalue weighted by Gasteiger charge is -2.34. The first-order valence-corrected chi connectivity index (χ1v) is 6.80. The second-order valence-corrected chi connectivity index (χ2v) is 4.64. The summed E-state index contributed by atoms with van der Waals surface area (Å²) in [6, 6.07) is 1.94. The molecule has 1 amide bonds. The van der Waals surface area contributed by atoms with Gasteiger partial charge >= 0.3 is 6.09 Å². The van der Waals surface area contributed by atoms with E-state index >= 15 is 0 Å². The number of amides is 1. The number of ether oxygens (including phenoxy) is 2. The first kappa shape index (κ1) is 15.7. The number of piperazine rings is 1. The summed E-state index contributed by atoms with van der Waals surface area (Å²) in [5.74, 6) is 0. The fraction of sp³-hybridized carbons (Fsp3) is 0.846. The summed E-state index contributed by atoms with van der Waals surface area (Å²) in [5, 5.41) is 8.34. The Morgan fingerprint density at radius 2 is 2.05 bits per heavy atom. The molecule has 1 aliphatic rings. The molecule has 6 heteroatoms. The Morgan fingerprint density at radius 3 is 2.63 bits per heavy atom. The van der Waals surface area contributed by atoms with Crippen LogP contribution in [0, 0.1) is 11.3 Å². The van der Waals surface area contributed by atoms with Gasteiger partial charge in [-0.05, 0) is 13.3 Å². The van der Waals surface area contributed by atoms with Gasteiger partial charge < -0.3 is 14.4 Å². The molecule has 1 unspecified atom stereocenters. The van der Waals surface area contributed by atoms with Crippen molar-refractivity contribution in [3.05, 3.63) is 0 Å². The first-order valence-electron chi connectivity index (χ1n) is 6.80. The summed E-state index contributed by atoms with van der Waals surface area (Å²) in [7, 11) is 0. The van der Waals surface area contributed by atoms with E-state index in [9.17, 15) is 4.79 Å². The van der Waals surface area contributed by atoms with Crippen LogP contribution in [0.2, 0.25) is 0 Å². The van der Waals surface area contributed by atoms with E-state index < -0.39 is 0 Å². The molecule has 0 radical (unpaired) electrons. The van der Waals surface area contributed by atoms with Crippen molar-refractivity contribution >= 4 is 6.09 Å². The van der Waals surface area contributed by atoms with E-state index in [1.165, 1.54) is 0 Å². The maximum atomic E-state index is 11.8. The number of hydrogen-bond acceptors (Lipinski definition) is 5. The molecule has 1 fully saturated rings. The van der Waals surface area contributed by atoms with Crippen molar-refractivity contribution in [1.29, 1.82) is 5.26 Å². The average molecular weight is 269 g/mol. The van der Waals surface area contributed by atoms with Gasteiger partial charge in [-0.3, -0.25) is 4.90 Å². The van der Waals surface area contributed by atoms with Gasteiger partial charge in [-0.2, -0.15) is 5.26 Å². The fourth-order valence-corrected chi connectivity index (χ4v) is 1.80. The summed E-state index contributed by atoms with van der Waals surface area (Å²) >= 11 is 0. The summed E-state index contributed by atoms with van der Waals surface area (Å²) in [5.41, 5.74) is 0. The van der Waals surface area contributed by atoms with Crippen LogP contribution in [0.3, 0.4) is 0 Å². The highest BCUT2D eigenvalue weighted by Crippen LogP contribution is 2.06. The van der Waals surface area contributed by atoms with E-state index in [2.05, 4.69) is 4.90 Å². The van der Waals surface area contributed by atoms with Crippen LogP contribution in [-0.2, 0) is 9.47 Å². The van der Waals surface area contributed by atoms with E-state index in [4.69, 9.17) is 14.7 Å². The van der Waals surface area contributed by atoms with Gasteiger partial charge in [-0.15, -0.1) is 0 Å². The number of carbonyl (C=O) groups excluding carboxylic acids is 1. The van der Waals surface area contributed by atoms with Crippen molar-refractivity contribution in [3.63, 3.8) is 0 Å². The molecule has 0 N–H and O–H groups in total. The van der Waals surface area contributed by atoms with Crippen molar-refractivity contribution in [2.24, 2.45) is 0 Å². The third-order valence-electron chi connectivity index (χ3n) is 3.23. The lowest BCUT2D eigenvalue weighted by Crippen LogP contribution is -2.49. The normalized spacial score (nSPS) is 17.8.